The summed E-state index contributed by atoms with van der Waals surface area (Å²) in [5.41, 5.74) is 8.87. The van der Waals surface area contributed by atoms with Gasteiger partial charge < -0.3 is 20.2 Å². The first-order chi connectivity index (χ1) is 15.9. The number of imidazole rings is 1. The molecule has 0 spiro atoms. The van der Waals surface area contributed by atoms with Gasteiger partial charge in [0.1, 0.15) is 11.5 Å². The number of methoxy groups -OCH3 is 2. The topological polar surface area (TPSA) is 89.9 Å². The summed E-state index contributed by atoms with van der Waals surface area (Å²) in [4.78, 5) is 13.5. The molecular formula is C24H27ClN5O2S+. The number of hydrogen-bond acceptors (Lipinski definition) is 6. The Morgan fingerprint density at radius 3 is 2.55 bits per heavy atom. The number of aromatic nitrogens is 4. The number of hydrogen-bond donors (Lipinski definition) is 2. The van der Waals surface area contributed by atoms with Crippen LogP contribution in [0, 0.1) is 5.92 Å². The predicted molar refractivity (Wildman–Crippen MR) is 131 cm³/mol. The van der Waals surface area contributed by atoms with E-state index in [0.29, 0.717) is 29.0 Å². The number of H-pyrrole nitrogens is 1. The lowest BCUT2D eigenvalue weighted by molar-refractivity contribution is -0.679. The van der Waals surface area contributed by atoms with Crippen LogP contribution >= 0.6 is 23.4 Å². The Hall–Kier alpha value is -2.97. The quantitative estimate of drug-likeness (QED) is 0.338. The van der Waals surface area contributed by atoms with E-state index in [2.05, 4.69) is 35.9 Å². The van der Waals surface area contributed by atoms with Crippen LogP contribution in [0.5, 0.6) is 11.5 Å². The number of ether oxygens (including phenoxy) is 2. The van der Waals surface area contributed by atoms with Crippen LogP contribution in [0.15, 0.2) is 58.8 Å². The summed E-state index contributed by atoms with van der Waals surface area (Å²) >= 11 is 7.55. The maximum Gasteiger partial charge on any atom is 0.294 e. The van der Waals surface area contributed by atoms with E-state index in [1.807, 2.05) is 34.9 Å². The first kappa shape index (κ1) is 23.2. The normalized spacial score (nSPS) is 12.3. The number of nitrogens with one attached hydrogen (secondary N) is 1. The standard InChI is InChI=1S/C24H26ClN5O2S/c1-14(2)18(15-5-7-16(25)8-6-15)12-30-13-27-22(26)21-23(30)29-24(28-21)33-20-11-17(31-3)9-10-19(20)32-4/h5-11,13-14,18H,12H2,1-4H3,(H2,26,28,29)/p+1. The molecule has 0 aliphatic heterocycles. The Bertz CT molecular complexity index is 1260. The van der Waals surface area contributed by atoms with Gasteiger partial charge >= 0.3 is 0 Å². The molecule has 0 aliphatic carbocycles. The average Bonchev–Trinajstić information content (AvgIpc) is 3.24. The monoisotopic (exact) mass is 484 g/mol. The average molecular weight is 485 g/mol. The Morgan fingerprint density at radius 2 is 1.88 bits per heavy atom. The summed E-state index contributed by atoms with van der Waals surface area (Å²) in [6.07, 6.45) is 1.75. The fraction of sp³-hybridized carbons (Fsp3) is 0.292. The van der Waals surface area contributed by atoms with Gasteiger partial charge in [0, 0.05) is 10.9 Å². The second-order valence-electron chi connectivity index (χ2n) is 8.04. The number of nitrogens with two attached hydrogens (primary N) is 1. The smallest absolute Gasteiger partial charge is 0.294 e. The molecule has 2 aromatic carbocycles. The van der Waals surface area contributed by atoms with Crippen molar-refractivity contribution in [2.24, 2.45) is 5.92 Å². The molecule has 1 atom stereocenters. The molecule has 0 saturated heterocycles. The predicted octanol–water partition coefficient (Wildman–Crippen LogP) is 5.09. The minimum atomic E-state index is 0.257. The highest BCUT2D eigenvalue weighted by atomic mass is 35.5. The van der Waals surface area contributed by atoms with Crippen molar-refractivity contribution in [3.05, 3.63) is 59.4 Å². The summed E-state index contributed by atoms with van der Waals surface area (Å²) in [5.74, 6) is 2.55. The van der Waals surface area contributed by atoms with Crippen LogP contribution in [0.2, 0.25) is 5.02 Å². The molecule has 2 aromatic heterocycles. The summed E-state index contributed by atoms with van der Waals surface area (Å²) in [6.45, 7) is 5.13. The second kappa shape index (κ2) is 9.89. The van der Waals surface area contributed by atoms with Crippen LogP contribution in [0.4, 0.5) is 5.82 Å². The molecule has 0 fully saturated rings. The number of rotatable bonds is 8. The minimum absolute atomic E-state index is 0.257. The highest BCUT2D eigenvalue weighted by Gasteiger charge is 2.24. The highest BCUT2D eigenvalue weighted by Crippen LogP contribution is 2.37. The van der Waals surface area contributed by atoms with Crippen LogP contribution < -0.4 is 19.8 Å². The van der Waals surface area contributed by atoms with Crippen molar-refractivity contribution in [1.82, 2.24) is 15.0 Å². The molecule has 4 rings (SSSR count). The van der Waals surface area contributed by atoms with Gasteiger partial charge in [-0.3, -0.25) is 0 Å². The molecule has 2 heterocycles. The van der Waals surface area contributed by atoms with Crippen molar-refractivity contribution in [2.75, 3.05) is 20.0 Å². The van der Waals surface area contributed by atoms with E-state index in [-0.39, 0.29) is 5.92 Å². The summed E-state index contributed by atoms with van der Waals surface area (Å²) in [7, 11) is 3.28. The third kappa shape index (κ3) is 5.02. The van der Waals surface area contributed by atoms with Crippen molar-refractivity contribution in [3.8, 4) is 11.5 Å². The highest BCUT2D eigenvalue weighted by molar-refractivity contribution is 7.99. The number of halogens is 1. The molecule has 1 unspecified atom stereocenters. The molecule has 0 aliphatic rings. The van der Waals surface area contributed by atoms with Gasteiger partial charge in [0.15, 0.2) is 5.52 Å². The summed E-state index contributed by atoms with van der Waals surface area (Å²) in [5, 5.41) is 1.42. The van der Waals surface area contributed by atoms with Crippen molar-refractivity contribution < 1.29 is 14.0 Å². The third-order valence-electron chi connectivity index (χ3n) is 5.60. The van der Waals surface area contributed by atoms with Gasteiger partial charge in [-0.1, -0.05) is 47.5 Å². The van der Waals surface area contributed by atoms with E-state index < -0.39 is 0 Å². The second-order valence-corrected chi connectivity index (χ2v) is 9.51. The van der Waals surface area contributed by atoms with E-state index in [4.69, 9.17) is 31.8 Å². The van der Waals surface area contributed by atoms with Gasteiger partial charge in [0.2, 0.25) is 17.3 Å². The minimum Gasteiger partial charge on any atom is -0.497 e. The van der Waals surface area contributed by atoms with Crippen LogP contribution in [-0.2, 0) is 6.54 Å². The van der Waals surface area contributed by atoms with Crippen LogP contribution in [0.25, 0.3) is 11.2 Å². The SMILES string of the molecule is COc1ccc(OC)c(Sc2nc3c([nH]2)c(N)nc[n+]3CC(c2ccc(Cl)cc2)C(C)C)c1. The largest absolute Gasteiger partial charge is 0.497 e. The zero-order valence-electron chi connectivity index (χ0n) is 19.0. The molecule has 33 heavy (non-hydrogen) atoms. The van der Waals surface area contributed by atoms with Crippen molar-refractivity contribution >= 4 is 40.3 Å². The number of anilines is 1. The first-order valence-corrected chi connectivity index (χ1v) is 11.8. The van der Waals surface area contributed by atoms with Crippen molar-refractivity contribution in [1.29, 1.82) is 0 Å². The van der Waals surface area contributed by atoms with Crippen LogP contribution in [-0.4, -0.2) is 29.2 Å². The van der Waals surface area contributed by atoms with Crippen molar-refractivity contribution in [2.45, 2.75) is 36.4 Å². The van der Waals surface area contributed by atoms with Crippen molar-refractivity contribution in [3.63, 3.8) is 0 Å². The van der Waals surface area contributed by atoms with Gasteiger partial charge in [-0.05, 0) is 53.6 Å². The molecule has 0 bridgehead atoms. The van der Waals surface area contributed by atoms with E-state index in [9.17, 15) is 0 Å². The lowest BCUT2D eigenvalue weighted by atomic mass is 9.88. The number of nitrogens with zero attached hydrogens (tertiary/aromatic N) is 3. The van der Waals surface area contributed by atoms with E-state index in [1.54, 1.807) is 20.5 Å². The summed E-state index contributed by atoms with van der Waals surface area (Å²) in [6, 6.07) is 13.7. The van der Waals surface area contributed by atoms with E-state index in [0.717, 1.165) is 27.1 Å². The Morgan fingerprint density at radius 1 is 1.12 bits per heavy atom. The zero-order chi connectivity index (χ0) is 23.5. The lowest BCUT2D eigenvalue weighted by Gasteiger charge is -2.20. The lowest BCUT2D eigenvalue weighted by Crippen LogP contribution is -2.39. The van der Waals surface area contributed by atoms with Gasteiger partial charge in [-0.2, -0.15) is 0 Å². The molecule has 172 valence electrons. The van der Waals surface area contributed by atoms with Crippen LogP contribution in [0.3, 0.4) is 0 Å². The molecular weight excluding hydrogens is 458 g/mol. The van der Waals surface area contributed by atoms with Crippen LogP contribution in [0.1, 0.15) is 25.3 Å². The number of nitrogen functional groups attached to an aromatic ring is 1. The maximum atomic E-state index is 6.19. The Balaban J connectivity index is 1.70. The molecule has 3 N–H and O–H groups in total. The molecule has 7 nitrogen and oxygen atoms in total. The van der Waals surface area contributed by atoms with Gasteiger partial charge in [0.25, 0.3) is 5.65 Å². The first-order valence-electron chi connectivity index (χ1n) is 10.6. The number of aromatic amines is 1. The number of benzene rings is 2. The van der Waals surface area contributed by atoms with E-state index >= 15 is 0 Å². The fourth-order valence-electron chi connectivity index (χ4n) is 3.75. The van der Waals surface area contributed by atoms with Gasteiger partial charge in [0.05, 0.1) is 25.7 Å². The Labute approximate surface area is 202 Å². The molecule has 0 saturated carbocycles. The third-order valence-corrected chi connectivity index (χ3v) is 6.78. The molecule has 0 radical (unpaired) electrons. The zero-order valence-corrected chi connectivity index (χ0v) is 20.6. The molecule has 0 amide bonds. The Kier molecular flexibility index (Phi) is 6.95. The molecule has 4 aromatic rings. The van der Waals surface area contributed by atoms with Gasteiger partial charge in [-0.15, -0.1) is 0 Å². The summed E-state index contributed by atoms with van der Waals surface area (Å²) < 4.78 is 12.9. The van der Waals surface area contributed by atoms with E-state index in [1.165, 1.54) is 17.3 Å². The molecule has 9 heteroatoms. The number of fused-ring (bicyclic) bond motifs is 1. The maximum absolute atomic E-state index is 6.19. The fourth-order valence-corrected chi connectivity index (χ4v) is 4.80. The van der Waals surface area contributed by atoms with Gasteiger partial charge in [-0.25, -0.2) is 4.57 Å².